The third-order valence-corrected chi connectivity index (χ3v) is 3.57. The molecule has 4 atom stereocenters. The van der Waals surface area contributed by atoms with Gasteiger partial charge in [-0.15, -0.1) is 0 Å². The van der Waals surface area contributed by atoms with E-state index in [1.807, 2.05) is 0 Å². The number of aromatic amines is 1. The van der Waals surface area contributed by atoms with Gasteiger partial charge in [0.2, 0.25) is 0 Å². The highest BCUT2D eigenvalue weighted by molar-refractivity contribution is 5.17. The number of hydrogen-bond acceptors (Lipinski definition) is 5. The normalized spacial score (nSPS) is 31.8. The quantitative estimate of drug-likeness (QED) is 0.483. The minimum atomic E-state index is -1.11. The molecule has 1 fully saturated rings. The second-order valence-corrected chi connectivity index (χ2v) is 4.72. The molecule has 7 nitrogen and oxygen atoms in total. The Labute approximate surface area is 102 Å². The number of rotatable bonds is 2. The number of hydrogen-bond donors (Lipinski definition) is 4. The van der Waals surface area contributed by atoms with E-state index >= 15 is 0 Å². The second-order valence-electron chi connectivity index (χ2n) is 4.72. The molecular weight excluding hydrogens is 240 g/mol. The summed E-state index contributed by atoms with van der Waals surface area (Å²) in [6, 6.07) is 0. The molecule has 7 heteroatoms. The van der Waals surface area contributed by atoms with E-state index in [1.54, 1.807) is 0 Å². The van der Waals surface area contributed by atoms with E-state index in [9.17, 15) is 19.8 Å². The van der Waals surface area contributed by atoms with E-state index in [1.165, 1.54) is 17.8 Å². The van der Waals surface area contributed by atoms with Gasteiger partial charge < -0.3 is 19.9 Å². The highest BCUT2D eigenvalue weighted by Crippen LogP contribution is 2.37. The van der Waals surface area contributed by atoms with Gasteiger partial charge in [0.15, 0.2) is 0 Å². The average Bonchev–Trinajstić information content (AvgIpc) is 2.61. The van der Waals surface area contributed by atoms with Crippen LogP contribution in [0.5, 0.6) is 0 Å². The van der Waals surface area contributed by atoms with Gasteiger partial charge in [-0.3, -0.25) is 9.78 Å². The predicted octanol–water partition coefficient (Wildman–Crippen LogP) is -2.11. The summed E-state index contributed by atoms with van der Waals surface area (Å²) >= 11 is 0. The number of aryl methyl sites for hydroxylation is 1. The van der Waals surface area contributed by atoms with Crippen molar-refractivity contribution < 1.29 is 15.3 Å². The van der Waals surface area contributed by atoms with Crippen LogP contribution in [-0.2, 0) is 7.05 Å². The van der Waals surface area contributed by atoms with E-state index in [-0.39, 0.29) is 12.2 Å². The topological polar surface area (TPSA) is 116 Å². The van der Waals surface area contributed by atoms with Gasteiger partial charge in [0, 0.05) is 37.3 Å². The molecule has 1 heterocycles. The van der Waals surface area contributed by atoms with Crippen molar-refractivity contribution in [2.75, 3.05) is 6.61 Å². The summed E-state index contributed by atoms with van der Waals surface area (Å²) in [5.41, 5.74) is -0.844. The minimum absolute atomic E-state index is 0.250. The van der Waals surface area contributed by atoms with Crippen molar-refractivity contribution in [3.63, 3.8) is 0 Å². The zero-order valence-corrected chi connectivity index (χ0v) is 9.91. The standard InChI is InChI=1S/C11H16N2O5/c1-13-3-7(10(17)12-11(13)18)6-2-5(4-14)8(15)9(6)16/h3,5-6,8-9,14-16H,2,4H2,1H3,(H,12,17,18). The number of nitrogens with zero attached hydrogens (tertiary/aromatic N) is 1. The summed E-state index contributed by atoms with van der Waals surface area (Å²) in [7, 11) is 1.49. The van der Waals surface area contributed by atoms with Gasteiger partial charge in [-0.2, -0.15) is 0 Å². The summed E-state index contributed by atoms with van der Waals surface area (Å²) in [5, 5.41) is 28.7. The molecule has 0 aromatic carbocycles. The molecule has 1 aliphatic carbocycles. The Morgan fingerprint density at radius 2 is 2.06 bits per heavy atom. The molecule has 100 valence electrons. The van der Waals surface area contributed by atoms with Gasteiger partial charge in [-0.05, 0) is 6.42 Å². The molecule has 1 aliphatic rings. The minimum Gasteiger partial charge on any atom is -0.396 e. The first-order chi connectivity index (χ1) is 8.45. The predicted molar refractivity (Wildman–Crippen MR) is 62.3 cm³/mol. The fourth-order valence-corrected chi connectivity index (χ4v) is 2.46. The first-order valence-corrected chi connectivity index (χ1v) is 5.72. The summed E-state index contributed by atoms with van der Waals surface area (Å²) in [4.78, 5) is 25.1. The van der Waals surface area contributed by atoms with Crippen LogP contribution in [-0.4, -0.2) is 43.7 Å². The Morgan fingerprint density at radius 1 is 1.39 bits per heavy atom. The molecule has 0 amide bonds. The van der Waals surface area contributed by atoms with Crippen LogP contribution < -0.4 is 11.2 Å². The molecule has 18 heavy (non-hydrogen) atoms. The van der Waals surface area contributed by atoms with E-state index in [0.717, 1.165) is 0 Å². The van der Waals surface area contributed by atoms with Gasteiger partial charge in [0.25, 0.3) is 5.56 Å². The van der Waals surface area contributed by atoms with Crippen LogP contribution in [0, 0.1) is 5.92 Å². The fraction of sp³-hybridized carbons (Fsp3) is 0.636. The highest BCUT2D eigenvalue weighted by Gasteiger charge is 2.42. The molecule has 0 aliphatic heterocycles. The van der Waals surface area contributed by atoms with Crippen LogP contribution in [0.25, 0.3) is 0 Å². The lowest BCUT2D eigenvalue weighted by Crippen LogP contribution is -2.34. The SMILES string of the molecule is Cn1cc(C2CC(CO)C(O)C2O)c(=O)[nH]c1=O. The van der Waals surface area contributed by atoms with Crippen molar-refractivity contribution >= 4 is 0 Å². The lowest BCUT2D eigenvalue weighted by atomic mass is 9.97. The van der Waals surface area contributed by atoms with Crippen LogP contribution >= 0.6 is 0 Å². The lowest BCUT2D eigenvalue weighted by molar-refractivity contribution is 0.00217. The summed E-state index contributed by atoms with van der Waals surface area (Å²) in [5.74, 6) is -1.03. The van der Waals surface area contributed by atoms with Crippen LogP contribution in [0.3, 0.4) is 0 Å². The van der Waals surface area contributed by atoms with Crippen LogP contribution in [0.15, 0.2) is 15.8 Å². The molecule has 1 aromatic rings. The maximum atomic E-state index is 11.7. The third-order valence-electron chi connectivity index (χ3n) is 3.57. The molecule has 0 spiro atoms. The number of aliphatic hydroxyl groups is 3. The monoisotopic (exact) mass is 256 g/mol. The van der Waals surface area contributed by atoms with Gasteiger partial charge in [0.1, 0.15) is 0 Å². The summed E-state index contributed by atoms with van der Waals surface area (Å²) < 4.78 is 1.21. The molecule has 1 saturated carbocycles. The first-order valence-electron chi connectivity index (χ1n) is 5.72. The zero-order valence-electron chi connectivity index (χ0n) is 9.91. The van der Waals surface area contributed by atoms with E-state index in [0.29, 0.717) is 6.42 Å². The maximum Gasteiger partial charge on any atom is 0.328 e. The molecule has 1 aromatic heterocycles. The number of nitrogens with one attached hydrogen (secondary N) is 1. The van der Waals surface area contributed by atoms with Crippen LogP contribution in [0.2, 0.25) is 0 Å². The Kier molecular flexibility index (Phi) is 3.38. The van der Waals surface area contributed by atoms with Crippen molar-refractivity contribution in [2.45, 2.75) is 24.5 Å². The Morgan fingerprint density at radius 3 is 2.61 bits per heavy atom. The van der Waals surface area contributed by atoms with E-state index in [4.69, 9.17) is 5.11 Å². The van der Waals surface area contributed by atoms with Crippen molar-refractivity contribution in [3.05, 3.63) is 32.6 Å². The molecule has 0 radical (unpaired) electrons. The highest BCUT2D eigenvalue weighted by atomic mass is 16.3. The van der Waals surface area contributed by atoms with E-state index < -0.39 is 35.3 Å². The second kappa shape index (κ2) is 4.68. The molecule has 0 saturated heterocycles. The van der Waals surface area contributed by atoms with E-state index in [2.05, 4.69) is 4.98 Å². The first kappa shape index (κ1) is 13.0. The van der Waals surface area contributed by atoms with Crippen LogP contribution in [0.4, 0.5) is 0 Å². The van der Waals surface area contributed by atoms with Crippen molar-refractivity contribution in [3.8, 4) is 0 Å². The summed E-state index contributed by atoms with van der Waals surface area (Å²) in [6.45, 7) is -0.252. The largest absolute Gasteiger partial charge is 0.396 e. The lowest BCUT2D eigenvalue weighted by Gasteiger charge is -2.16. The Hall–Kier alpha value is -1.44. The zero-order chi connectivity index (χ0) is 13.4. The van der Waals surface area contributed by atoms with Crippen molar-refractivity contribution in [2.24, 2.45) is 13.0 Å². The Bertz CT molecular complexity index is 549. The third kappa shape index (κ3) is 2.00. The molecule has 0 bridgehead atoms. The average molecular weight is 256 g/mol. The Balaban J connectivity index is 2.42. The molecule has 4 unspecified atom stereocenters. The number of aliphatic hydroxyl groups excluding tert-OH is 3. The number of H-pyrrole nitrogens is 1. The van der Waals surface area contributed by atoms with Gasteiger partial charge in [0.05, 0.1) is 12.2 Å². The van der Waals surface area contributed by atoms with Crippen molar-refractivity contribution in [1.82, 2.24) is 9.55 Å². The van der Waals surface area contributed by atoms with Gasteiger partial charge in [-0.1, -0.05) is 0 Å². The van der Waals surface area contributed by atoms with Crippen LogP contribution in [0.1, 0.15) is 17.9 Å². The smallest absolute Gasteiger partial charge is 0.328 e. The molecule has 2 rings (SSSR count). The van der Waals surface area contributed by atoms with Crippen molar-refractivity contribution in [1.29, 1.82) is 0 Å². The number of aromatic nitrogens is 2. The fourth-order valence-electron chi connectivity index (χ4n) is 2.46. The van der Waals surface area contributed by atoms with Gasteiger partial charge in [-0.25, -0.2) is 4.79 Å². The van der Waals surface area contributed by atoms with Gasteiger partial charge >= 0.3 is 5.69 Å². The summed E-state index contributed by atoms with van der Waals surface area (Å²) in [6.07, 6.45) is -0.501. The maximum absolute atomic E-state index is 11.7. The molecule has 4 N–H and O–H groups in total. The molecular formula is C11H16N2O5.